The monoisotopic (exact) mass is 209 g/mol. The van der Waals surface area contributed by atoms with E-state index in [4.69, 9.17) is 17.3 Å². The molecular weight excluding hydrogens is 202 g/mol. The molecule has 14 heavy (non-hydrogen) atoms. The Bertz CT molecular complexity index is 428. The molecule has 0 radical (unpaired) electrons. The molecule has 0 bridgehead atoms. The van der Waals surface area contributed by atoms with Crippen molar-refractivity contribution in [2.45, 2.75) is 6.92 Å². The number of hydrogen-bond donors (Lipinski definition) is 1. The molecule has 2 aromatic heterocycles. The van der Waals surface area contributed by atoms with Gasteiger partial charge in [0, 0.05) is 6.20 Å². The molecular formula is C8H8ClN5. The van der Waals surface area contributed by atoms with Gasteiger partial charge >= 0.3 is 0 Å². The molecule has 0 atom stereocenters. The van der Waals surface area contributed by atoms with Crippen molar-refractivity contribution in [3.05, 3.63) is 29.0 Å². The van der Waals surface area contributed by atoms with Gasteiger partial charge < -0.3 is 5.73 Å². The summed E-state index contributed by atoms with van der Waals surface area (Å²) in [5, 5.41) is 8.65. The maximum atomic E-state index is 5.70. The van der Waals surface area contributed by atoms with Crippen LogP contribution in [0.4, 0.5) is 5.82 Å². The van der Waals surface area contributed by atoms with Crippen LogP contribution in [0.1, 0.15) is 5.69 Å². The van der Waals surface area contributed by atoms with Gasteiger partial charge in [0.15, 0.2) is 11.6 Å². The smallest absolute Gasteiger partial charge is 0.174 e. The summed E-state index contributed by atoms with van der Waals surface area (Å²) in [6.07, 6.45) is 1.53. The van der Waals surface area contributed by atoms with Crippen molar-refractivity contribution in [3.63, 3.8) is 0 Å². The summed E-state index contributed by atoms with van der Waals surface area (Å²) in [5.41, 5.74) is 6.24. The summed E-state index contributed by atoms with van der Waals surface area (Å²) in [4.78, 5) is 5.43. The maximum Gasteiger partial charge on any atom is 0.174 e. The van der Waals surface area contributed by atoms with Crippen LogP contribution in [-0.2, 0) is 0 Å². The molecule has 2 rings (SSSR count). The molecule has 0 aliphatic heterocycles. The number of rotatable bonds is 1. The van der Waals surface area contributed by atoms with Gasteiger partial charge in [-0.2, -0.15) is 0 Å². The molecule has 0 spiro atoms. The Morgan fingerprint density at radius 3 is 2.64 bits per heavy atom. The maximum absolute atomic E-state index is 5.70. The van der Waals surface area contributed by atoms with E-state index in [2.05, 4.69) is 15.2 Å². The molecule has 0 saturated heterocycles. The van der Waals surface area contributed by atoms with E-state index < -0.39 is 0 Å². The summed E-state index contributed by atoms with van der Waals surface area (Å²) in [6, 6.07) is 3.44. The first kappa shape index (κ1) is 8.96. The van der Waals surface area contributed by atoms with Crippen molar-refractivity contribution in [3.8, 4) is 5.82 Å². The third kappa shape index (κ3) is 1.54. The summed E-state index contributed by atoms with van der Waals surface area (Å²) < 4.78 is 0. The molecule has 0 amide bonds. The van der Waals surface area contributed by atoms with Gasteiger partial charge in [0.25, 0.3) is 0 Å². The molecule has 0 unspecified atom stereocenters. The normalized spacial score (nSPS) is 10.4. The van der Waals surface area contributed by atoms with Gasteiger partial charge in [0.1, 0.15) is 5.69 Å². The van der Waals surface area contributed by atoms with Crippen molar-refractivity contribution in [1.82, 2.24) is 20.0 Å². The second-order valence-electron chi connectivity index (χ2n) is 2.79. The molecule has 0 fully saturated rings. The van der Waals surface area contributed by atoms with E-state index in [9.17, 15) is 0 Å². The van der Waals surface area contributed by atoms with E-state index in [1.54, 1.807) is 19.1 Å². The third-order valence-electron chi connectivity index (χ3n) is 1.73. The summed E-state index contributed by atoms with van der Waals surface area (Å²) in [7, 11) is 0. The standard InChI is InChI=1S/C8H8ClN5/c1-5-8(10)13-14(12-5)7-3-2-6(9)4-11-7/h2-4H,1H3,(H2,10,13). The number of aryl methyl sites for hydroxylation is 1. The molecule has 0 aliphatic rings. The number of nitrogen functional groups attached to an aromatic ring is 1. The van der Waals surface area contributed by atoms with Crippen molar-refractivity contribution in [2.75, 3.05) is 5.73 Å². The Morgan fingerprint density at radius 1 is 1.36 bits per heavy atom. The lowest BCUT2D eigenvalue weighted by atomic mass is 10.5. The Kier molecular flexibility index (Phi) is 2.09. The van der Waals surface area contributed by atoms with Gasteiger partial charge in [-0.1, -0.05) is 11.6 Å². The van der Waals surface area contributed by atoms with Gasteiger partial charge in [0.2, 0.25) is 0 Å². The van der Waals surface area contributed by atoms with E-state index in [1.807, 2.05) is 0 Å². The topological polar surface area (TPSA) is 69.6 Å². The van der Waals surface area contributed by atoms with Crippen molar-refractivity contribution < 1.29 is 0 Å². The third-order valence-corrected chi connectivity index (χ3v) is 1.96. The first-order valence-corrected chi connectivity index (χ1v) is 4.36. The first-order valence-electron chi connectivity index (χ1n) is 3.98. The summed E-state index contributed by atoms with van der Waals surface area (Å²) >= 11 is 5.70. The number of pyridine rings is 1. The lowest BCUT2D eigenvalue weighted by Gasteiger charge is -1.96. The number of aromatic nitrogens is 4. The van der Waals surface area contributed by atoms with Gasteiger partial charge in [-0.05, 0) is 19.1 Å². The quantitative estimate of drug-likeness (QED) is 0.767. The largest absolute Gasteiger partial charge is 0.381 e. The fourth-order valence-electron chi connectivity index (χ4n) is 0.979. The lowest BCUT2D eigenvalue weighted by Crippen LogP contribution is -2.01. The highest BCUT2D eigenvalue weighted by Gasteiger charge is 2.05. The minimum absolute atomic E-state index is 0.404. The lowest BCUT2D eigenvalue weighted by molar-refractivity contribution is 0.725. The molecule has 0 aromatic carbocycles. The fourth-order valence-corrected chi connectivity index (χ4v) is 1.09. The van der Waals surface area contributed by atoms with Crippen LogP contribution < -0.4 is 5.73 Å². The average molecular weight is 210 g/mol. The van der Waals surface area contributed by atoms with Gasteiger partial charge in [-0.25, -0.2) is 4.98 Å². The Balaban J connectivity index is 2.44. The van der Waals surface area contributed by atoms with Gasteiger partial charge in [0.05, 0.1) is 5.02 Å². The number of anilines is 1. The first-order chi connectivity index (χ1) is 6.66. The zero-order valence-corrected chi connectivity index (χ0v) is 8.23. The van der Waals surface area contributed by atoms with E-state index in [0.717, 1.165) is 0 Å². The van der Waals surface area contributed by atoms with Crippen LogP contribution in [0.5, 0.6) is 0 Å². The van der Waals surface area contributed by atoms with E-state index in [0.29, 0.717) is 22.4 Å². The highest BCUT2D eigenvalue weighted by molar-refractivity contribution is 6.30. The number of nitrogens with two attached hydrogens (primary N) is 1. The summed E-state index contributed by atoms with van der Waals surface area (Å²) in [5.74, 6) is 0.996. The molecule has 2 N–H and O–H groups in total. The molecule has 6 heteroatoms. The molecule has 2 aromatic rings. The molecule has 72 valence electrons. The van der Waals surface area contributed by atoms with Crippen LogP contribution in [0.3, 0.4) is 0 Å². The highest BCUT2D eigenvalue weighted by Crippen LogP contribution is 2.10. The zero-order chi connectivity index (χ0) is 10.1. The fraction of sp³-hybridized carbons (Fsp3) is 0.125. The minimum atomic E-state index is 0.404. The van der Waals surface area contributed by atoms with Crippen molar-refractivity contribution >= 4 is 17.4 Å². The van der Waals surface area contributed by atoms with E-state index >= 15 is 0 Å². The zero-order valence-electron chi connectivity index (χ0n) is 7.48. The van der Waals surface area contributed by atoms with E-state index in [-0.39, 0.29) is 0 Å². The van der Waals surface area contributed by atoms with Crippen molar-refractivity contribution in [2.24, 2.45) is 0 Å². The van der Waals surface area contributed by atoms with Crippen LogP contribution >= 0.6 is 11.6 Å². The van der Waals surface area contributed by atoms with Crippen LogP contribution in [0, 0.1) is 6.92 Å². The number of hydrogen-bond acceptors (Lipinski definition) is 4. The van der Waals surface area contributed by atoms with Gasteiger partial charge in [-0.3, -0.25) is 0 Å². The van der Waals surface area contributed by atoms with Crippen LogP contribution in [0.2, 0.25) is 5.02 Å². The van der Waals surface area contributed by atoms with Crippen LogP contribution in [0.15, 0.2) is 18.3 Å². The Hall–Kier alpha value is -1.62. The number of nitrogens with zero attached hydrogens (tertiary/aromatic N) is 4. The predicted molar refractivity (Wildman–Crippen MR) is 53.3 cm³/mol. The summed E-state index contributed by atoms with van der Waals surface area (Å²) in [6.45, 7) is 1.79. The minimum Gasteiger partial charge on any atom is -0.381 e. The molecule has 2 heterocycles. The van der Waals surface area contributed by atoms with E-state index in [1.165, 1.54) is 11.0 Å². The van der Waals surface area contributed by atoms with Gasteiger partial charge in [-0.15, -0.1) is 15.0 Å². The van der Waals surface area contributed by atoms with Crippen molar-refractivity contribution in [1.29, 1.82) is 0 Å². The molecule has 5 nitrogen and oxygen atoms in total. The average Bonchev–Trinajstić information content (AvgIpc) is 2.48. The second-order valence-corrected chi connectivity index (χ2v) is 3.23. The SMILES string of the molecule is Cc1nn(-c2ccc(Cl)cn2)nc1N. The highest BCUT2D eigenvalue weighted by atomic mass is 35.5. The van der Waals surface area contributed by atoms with Crippen LogP contribution in [0.25, 0.3) is 5.82 Å². The van der Waals surface area contributed by atoms with Crippen LogP contribution in [-0.4, -0.2) is 20.0 Å². The Labute approximate surface area is 85.5 Å². The second kappa shape index (κ2) is 3.26. The predicted octanol–water partition coefficient (Wildman–Crippen LogP) is 1.21. The Morgan fingerprint density at radius 2 is 2.14 bits per heavy atom. The number of halogens is 1. The molecule has 0 saturated carbocycles. The molecule has 0 aliphatic carbocycles.